The summed E-state index contributed by atoms with van der Waals surface area (Å²) in [7, 11) is -3.09. The van der Waals surface area contributed by atoms with Crippen LogP contribution in [0, 0.1) is 0 Å². The van der Waals surface area contributed by atoms with E-state index in [0.29, 0.717) is 23.6 Å². The predicted octanol–water partition coefficient (Wildman–Crippen LogP) is 2.88. The van der Waals surface area contributed by atoms with E-state index in [1.807, 2.05) is 12.1 Å². The van der Waals surface area contributed by atoms with E-state index in [1.165, 1.54) is 19.1 Å². The van der Waals surface area contributed by atoms with Gasteiger partial charge in [0.25, 0.3) is 5.91 Å². The topological polar surface area (TPSA) is 85.4 Å². The molecule has 0 radical (unpaired) electrons. The molecule has 7 heteroatoms. The number of pyridine rings is 1. The van der Waals surface area contributed by atoms with Crippen LogP contribution in [0.15, 0.2) is 42.6 Å². The first-order chi connectivity index (χ1) is 12.9. The van der Waals surface area contributed by atoms with Gasteiger partial charge in [0.05, 0.1) is 5.75 Å². The molecule has 6 nitrogen and oxygen atoms in total. The van der Waals surface area contributed by atoms with E-state index >= 15 is 0 Å². The van der Waals surface area contributed by atoms with Crippen LogP contribution in [0.3, 0.4) is 0 Å². The van der Waals surface area contributed by atoms with Crippen LogP contribution in [0.2, 0.25) is 0 Å². The first-order valence-electron chi connectivity index (χ1n) is 9.06. The average molecular weight is 388 g/mol. The van der Waals surface area contributed by atoms with Crippen molar-refractivity contribution < 1.29 is 17.9 Å². The second kappa shape index (κ2) is 8.52. The zero-order valence-electron chi connectivity index (χ0n) is 15.3. The van der Waals surface area contributed by atoms with Gasteiger partial charge in [-0.25, -0.2) is 13.4 Å². The van der Waals surface area contributed by atoms with Crippen molar-refractivity contribution in [3.05, 3.63) is 59.3 Å². The van der Waals surface area contributed by atoms with E-state index in [-0.39, 0.29) is 17.8 Å². The molecule has 1 heterocycles. The minimum Gasteiger partial charge on any atom is -0.474 e. The summed E-state index contributed by atoms with van der Waals surface area (Å²) >= 11 is 0. The summed E-state index contributed by atoms with van der Waals surface area (Å²) in [5.74, 6) is 0.316. The number of amides is 1. The molecule has 0 aliphatic heterocycles. The summed E-state index contributed by atoms with van der Waals surface area (Å²) < 4.78 is 28.7. The first kappa shape index (κ1) is 19.4. The number of ether oxygens (including phenoxy) is 1. The molecular formula is C20H24N2O4S. The van der Waals surface area contributed by atoms with Gasteiger partial charge in [0.2, 0.25) is 5.88 Å². The molecule has 1 saturated carbocycles. The lowest BCUT2D eigenvalue weighted by Gasteiger charge is -2.15. The molecule has 1 aromatic carbocycles. The lowest BCUT2D eigenvalue weighted by Crippen LogP contribution is -2.24. The number of hydrogen-bond acceptors (Lipinski definition) is 5. The van der Waals surface area contributed by atoms with E-state index in [9.17, 15) is 13.2 Å². The van der Waals surface area contributed by atoms with Gasteiger partial charge in [-0.05, 0) is 49.4 Å². The van der Waals surface area contributed by atoms with Crippen LogP contribution in [0.5, 0.6) is 5.88 Å². The van der Waals surface area contributed by atoms with Gasteiger partial charge in [0.1, 0.15) is 6.10 Å². The Bertz CT molecular complexity index is 888. The van der Waals surface area contributed by atoms with Gasteiger partial charge in [-0.1, -0.05) is 18.2 Å². The number of rotatable bonds is 7. The average Bonchev–Trinajstić information content (AvgIpc) is 3.13. The third-order valence-corrected chi connectivity index (χ3v) is 5.37. The summed E-state index contributed by atoms with van der Waals surface area (Å²) in [6.07, 6.45) is 7.53. The lowest BCUT2D eigenvalue weighted by atomic mass is 10.1. The molecule has 3 rings (SSSR count). The van der Waals surface area contributed by atoms with Crippen LogP contribution in [0.4, 0.5) is 0 Å². The van der Waals surface area contributed by atoms with E-state index in [0.717, 1.165) is 18.4 Å². The number of nitrogens with one attached hydrogen (secondary N) is 1. The van der Waals surface area contributed by atoms with Crippen LogP contribution in [0.1, 0.15) is 47.2 Å². The molecule has 1 N–H and O–H groups in total. The van der Waals surface area contributed by atoms with Crippen molar-refractivity contribution in [2.75, 3.05) is 6.26 Å². The third-order valence-electron chi connectivity index (χ3n) is 4.51. The fraction of sp³-hybridized carbons (Fsp3) is 0.400. The van der Waals surface area contributed by atoms with Crippen LogP contribution < -0.4 is 10.1 Å². The molecular weight excluding hydrogens is 364 g/mol. The number of benzene rings is 1. The van der Waals surface area contributed by atoms with Gasteiger partial charge in [0, 0.05) is 30.1 Å². The molecule has 0 spiro atoms. The molecule has 0 saturated heterocycles. The molecule has 1 aliphatic rings. The van der Waals surface area contributed by atoms with Gasteiger partial charge < -0.3 is 10.1 Å². The first-order valence-corrected chi connectivity index (χ1v) is 11.1. The van der Waals surface area contributed by atoms with E-state index in [2.05, 4.69) is 10.3 Å². The van der Waals surface area contributed by atoms with Gasteiger partial charge in [-0.2, -0.15) is 0 Å². The van der Waals surface area contributed by atoms with E-state index in [1.54, 1.807) is 30.5 Å². The van der Waals surface area contributed by atoms with Crippen LogP contribution in [0.25, 0.3) is 0 Å². The molecule has 0 atom stereocenters. The fourth-order valence-corrected chi connectivity index (χ4v) is 3.96. The van der Waals surface area contributed by atoms with Crippen molar-refractivity contribution in [1.82, 2.24) is 10.3 Å². The maximum absolute atomic E-state index is 12.4. The molecule has 0 unspecified atom stereocenters. The third kappa shape index (κ3) is 5.79. The summed E-state index contributed by atoms with van der Waals surface area (Å²) in [5, 5.41) is 2.87. The molecule has 1 aromatic heterocycles. The van der Waals surface area contributed by atoms with Crippen molar-refractivity contribution >= 4 is 15.7 Å². The lowest BCUT2D eigenvalue weighted by molar-refractivity contribution is 0.0950. The molecule has 0 bridgehead atoms. The smallest absolute Gasteiger partial charge is 0.251 e. The highest BCUT2D eigenvalue weighted by atomic mass is 32.2. The quantitative estimate of drug-likeness (QED) is 0.788. The highest BCUT2D eigenvalue weighted by molar-refractivity contribution is 7.89. The van der Waals surface area contributed by atoms with Crippen LogP contribution in [-0.2, 0) is 22.1 Å². The Morgan fingerprint density at radius 3 is 2.56 bits per heavy atom. The molecule has 1 amide bonds. The van der Waals surface area contributed by atoms with Crippen molar-refractivity contribution in [2.24, 2.45) is 0 Å². The van der Waals surface area contributed by atoms with Crippen LogP contribution in [-0.4, -0.2) is 31.7 Å². The zero-order valence-corrected chi connectivity index (χ0v) is 16.2. The number of carbonyl (C=O) groups excluding carboxylic acids is 1. The number of nitrogens with zero attached hydrogens (tertiary/aromatic N) is 1. The fourth-order valence-electron chi connectivity index (χ4n) is 3.16. The molecule has 1 fully saturated rings. The number of carbonyl (C=O) groups is 1. The second-order valence-corrected chi connectivity index (χ2v) is 9.08. The summed E-state index contributed by atoms with van der Waals surface area (Å²) in [4.78, 5) is 16.7. The number of hydrogen-bond donors (Lipinski definition) is 1. The number of aromatic nitrogens is 1. The maximum atomic E-state index is 12.4. The Morgan fingerprint density at radius 2 is 1.89 bits per heavy atom. The molecule has 144 valence electrons. The monoisotopic (exact) mass is 388 g/mol. The standard InChI is InChI=1S/C20H24N2O4S/c1-27(24,25)14-15-8-10-16(11-9-15)19(23)22-13-17-5-4-12-21-20(17)26-18-6-2-3-7-18/h4-5,8-12,18H,2-3,6-7,13-14H2,1H3,(H,22,23). The Balaban J connectivity index is 1.60. The van der Waals surface area contributed by atoms with Gasteiger partial charge in [-0.3, -0.25) is 4.79 Å². The minimum atomic E-state index is -3.09. The predicted molar refractivity (Wildman–Crippen MR) is 103 cm³/mol. The summed E-state index contributed by atoms with van der Waals surface area (Å²) in [5.41, 5.74) is 1.98. The molecule has 1 aliphatic carbocycles. The largest absolute Gasteiger partial charge is 0.474 e. The van der Waals surface area contributed by atoms with Crippen LogP contribution >= 0.6 is 0 Å². The Morgan fingerprint density at radius 1 is 1.19 bits per heavy atom. The molecule has 2 aromatic rings. The van der Waals surface area contributed by atoms with Crippen molar-refractivity contribution in [3.8, 4) is 5.88 Å². The second-order valence-electron chi connectivity index (χ2n) is 6.94. The highest BCUT2D eigenvalue weighted by Crippen LogP contribution is 2.25. The Labute approximate surface area is 159 Å². The molecule has 27 heavy (non-hydrogen) atoms. The summed E-state index contributed by atoms with van der Waals surface area (Å²) in [6, 6.07) is 10.3. The van der Waals surface area contributed by atoms with Crippen molar-refractivity contribution in [3.63, 3.8) is 0 Å². The van der Waals surface area contributed by atoms with E-state index in [4.69, 9.17) is 4.74 Å². The SMILES string of the molecule is CS(=O)(=O)Cc1ccc(C(=O)NCc2cccnc2OC2CCCC2)cc1. The zero-order chi connectivity index (χ0) is 19.3. The van der Waals surface area contributed by atoms with Gasteiger partial charge in [-0.15, -0.1) is 0 Å². The van der Waals surface area contributed by atoms with Crippen molar-refractivity contribution in [1.29, 1.82) is 0 Å². The van der Waals surface area contributed by atoms with Gasteiger partial charge in [0.15, 0.2) is 9.84 Å². The Hall–Kier alpha value is -2.41. The highest BCUT2D eigenvalue weighted by Gasteiger charge is 2.18. The summed E-state index contributed by atoms with van der Waals surface area (Å²) in [6.45, 7) is 0.319. The van der Waals surface area contributed by atoms with Gasteiger partial charge >= 0.3 is 0 Å². The normalized spacial score (nSPS) is 14.9. The van der Waals surface area contributed by atoms with Crippen molar-refractivity contribution in [2.45, 2.75) is 44.1 Å². The number of sulfone groups is 1. The Kier molecular flexibility index (Phi) is 6.11. The van der Waals surface area contributed by atoms with E-state index < -0.39 is 9.84 Å². The minimum absolute atomic E-state index is 0.0353. The maximum Gasteiger partial charge on any atom is 0.251 e.